The molecule has 0 saturated carbocycles. The molecule has 0 fully saturated rings. The van der Waals surface area contributed by atoms with Gasteiger partial charge in [0, 0.05) is 12.6 Å². The number of rotatable bonds is 3. The van der Waals surface area contributed by atoms with Crippen LogP contribution >= 0.6 is 0 Å². The maximum Gasteiger partial charge on any atom is 0.171 e. The third-order valence-corrected chi connectivity index (χ3v) is 3.17. The number of fused-ring (bicyclic) bond motifs is 1. The molecule has 0 amide bonds. The first kappa shape index (κ1) is 11.7. The second kappa shape index (κ2) is 4.69. The number of hydrogen-bond donors (Lipinski definition) is 0. The summed E-state index contributed by atoms with van der Waals surface area (Å²) in [6.07, 6.45) is 3.91. The molecule has 3 rings (SSSR count). The first-order chi connectivity index (χ1) is 9.24. The summed E-state index contributed by atoms with van der Waals surface area (Å²) in [5.74, 6) is 0.104. The number of carbonyl (C=O) groups is 1. The fourth-order valence-electron chi connectivity index (χ4n) is 2.25. The van der Waals surface area contributed by atoms with Crippen molar-refractivity contribution in [2.75, 3.05) is 0 Å². The molecule has 0 N–H and O–H groups in total. The summed E-state index contributed by atoms with van der Waals surface area (Å²) in [6.45, 7) is 2.03. The lowest BCUT2D eigenvalue weighted by Gasteiger charge is -2.01. The molecule has 3 aromatic rings. The van der Waals surface area contributed by atoms with Gasteiger partial charge >= 0.3 is 0 Å². The van der Waals surface area contributed by atoms with Gasteiger partial charge in [0.2, 0.25) is 0 Å². The van der Waals surface area contributed by atoms with Crippen molar-refractivity contribution in [2.45, 2.75) is 13.3 Å². The Morgan fingerprint density at radius 3 is 2.95 bits per heavy atom. The Labute approximate surface area is 111 Å². The molecule has 19 heavy (non-hydrogen) atoms. The number of benzene rings is 1. The van der Waals surface area contributed by atoms with E-state index in [1.165, 1.54) is 5.56 Å². The van der Waals surface area contributed by atoms with Crippen molar-refractivity contribution in [3.05, 3.63) is 71.5 Å². The van der Waals surface area contributed by atoms with Crippen LogP contribution in [0.25, 0.3) is 5.52 Å². The maximum atomic E-state index is 12.3. The van der Waals surface area contributed by atoms with Crippen molar-refractivity contribution in [1.29, 1.82) is 0 Å². The smallest absolute Gasteiger partial charge is 0.171 e. The fourth-order valence-corrected chi connectivity index (χ4v) is 2.25. The van der Waals surface area contributed by atoms with E-state index >= 15 is 0 Å². The Kier molecular flexibility index (Phi) is 2.88. The third-order valence-electron chi connectivity index (χ3n) is 3.17. The Morgan fingerprint density at radius 2 is 2.11 bits per heavy atom. The molecule has 0 atom stereocenters. The van der Waals surface area contributed by atoms with Gasteiger partial charge in [-0.3, -0.25) is 4.79 Å². The fraction of sp³-hybridized carbons (Fsp3) is 0.125. The summed E-state index contributed by atoms with van der Waals surface area (Å²) >= 11 is 0. The summed E-state index contributed by atoms with van der Waals surface area (Å²) in [5, 5.41) is 4.19. The van der Waals surface area contributed by atoms with E-state index in [9.17, 15) is 4.79 Å². The predicted molar refractivity (Wildman–Crippen MR) is 74.4 cm³/mol. The number of aryl methyl sites for hydroxylation is 1. The molecular formula is C16H14N2O. The van der Waals surface area contributed by atoms with Gasteiger partial charge in [0.1, 0.15) is 0 Å². The second-order valence-corrected chi connectivity index (χ2v) is 4.68. The van der Waals surface area contributed by atoms with Gasteiger partial charge in [0.15, 0.2) is 5.78 Å². The molecule has 0 aliphatic rings. The van der Waals surface area contributed by atoms with Crippen LogP contribution in [0, 0.1) is 6.92 Å². The minimum Gasteiger partial charge on any atom is -0.294 e. The number of ketones is 1. The summed E-state index contributed by atoms with van der Waals surface area (Å²) in [7, 11) is 0. The van der Waals surface area contributed by atoms with Crippen LogP contribution in [0.1, 0.15) is 21.5 Å². The van der Waals surface area contributed by atoms with E-state index in [4.69, 9.17) is 0 Å². The highest BCUT2D eigenvalue weighted by atomic mass is 16.1. The molecule has 0 spiro atoms. The number of hydrogen-bond acceptors (Lipinski definition) is 2. The van der Waals surface area contributed by atoms with E-state index in [2.05, 4.69) is 5.10 Å². The standard InChI is InChI=1S/C16H14N2O/c1-12-5-4-6-13(9-12)10-16(19)14-11-17-18-8-3-2-7-15(14)18/h2-9,11H,10H2,1H3. The zero-order valence-corrected chi connectivity index (χ0v) is 10.7. The number of pyridine rings is 1. The molecule has 94 valence electrons. The average Bonchev–Trinajstić information content (AvgIpc) is 2.82. The van der Waals surface area contributed by atoms with Gasteiger partial charge in [-0.1, -0.05) is 35.9 Å². The van der Waals surface area contributed by atoms with E-state index in [0.717, 1.165) is 11.1 Å². The molecule has 0 bridgehead atoms. The highest BCUT2D eigenvalue weighted by Gasteiger charge is 2.12. The summed E-state index contributed by atoms with van der Waals surface area (Å²) in [4.78, 5) is 12.3. The van der Waals surface area contributed by atoms with E-state index in [1.54, 1.807) is 10.7 Å². The van der Waals surface area contributed by atoms with Gasteiger partial charge < -0.3 is 0 Å². The number of nitrogens with zero attached hydrogens (tertiary/aromatic N) is 2. The molecule has 0 aliphatic carbocycles. The molecule has 3 nitrogen and oxygen atoms in total. The SMILES string of the molecule is Cc1cccc(CC(=O)c2cnn3ccccc23)c1. The van der Waals surface area contributed by atoms with E-state index in [1.807, 2.05) is 55.6 Å². The van der Waals surface area contributed by atoms with Crippen molar-refractivity contribution in [3.8, 4) is 0 Å². The normalized spacial score (nSPS) is 10.8. The molecule has 0 saturated heterocycles. The van der Waals surface area contributed by atoms with Crippen molar-refractivity contribution >= 4 is 11.3 Å². The first-order valence-electron chi connectivity index (χ1n) is 6.25. The molecule has 0 radical (unpaired) electrons. The van der Waals surface area contributed by atoms with Gasteiger partial charge in [0.05, 0.1) is 17.3 Å². The van der Waals surface area contributed by atoms with Gasteiger partial charge in [-0.15, -0.1) is 0 Å². The zero-order chi connectivity index (χ0) is 13.2. The Morgan fingerprint density at radius 1 is 1.21 bits per heavy atom. The van der Waals surface area contributed by atoms with Gasteiger partial charge in [-0.05, 0) is 24.6 Å². The van der Waals surface area contributed by atoms with Gasteiger partial charge in [0.25, 0.3) is 0 Å². The lowest BCUT2D eigenvalue weighted by Crippen LogP contribution is -2.03. The highest BCUT2D eigenvalue weighted by Crippen LogP contribution is 2.14. The van der Waals surface area contributed by atoms with Gasteiger partial charge in [-0.2, -0.15) is 5.10 Å². The van der Waals surface area contributed by atoms with Crippen LogP contribution in [-0.2, 0) is 6.42 Å². The topological polar surface area (TPSA) is 34.4 Å². The van der Waals surface area contributed by atoms with Crippen molar-refractivity contribution < 1.29 is 4.79 Å². The summed E-state index contributed by atoms with van der Waals surface area (Å²) in [5.41, 5.74) is 3.76. The van der Waals surface area contributed by atoms with Crippen LogP contribution in [0.5, 0.6) is 0 Å². The zero-order valence-electron chi connectivity index (χ0n) is 10.7. The molecule has 2 heterocycles. The third kappa shape index (κ3) is 2.27. The van der Waals surface area contributed by atoms with E-state index in [0.29, 0.717) is 12.0 Å². The number of aromatic nitrogens is 2. The predicted octanol–water partition coefficient (Wildman–Crippen LogP) is 3.07. The minimum atomic E-state index is 0.104. The Bertz CT molecular complexity index is 743. The number of Topliss-reactive ketones (excluding diaryl/α,β-unsaturated/α-hetero) is 1. The van der Waals surface area contributed by atoms with Crippen LogP contribution in [-0.4, -0.2) is 15.4 Å². The largest absolute Gasteiger partial charge is 0.294 e. The van der Waals surface area contributed by atoms with Crippen LogP contribution in [0.15, 0.2) is 54.9 Å². The maximum absolute atomic E-state index is 12.3. The number of carbonyl (C=O) groups excluding carboxylic acids is 1. The van der Waals surface area contributed by atoms with E-state index < -0.39 is 0 Å². The summed E-state index contributed by atoms with van der Waals surface area (Å²) in [6, 6.07) is 13.8. The van der Waals surface area contributed by atoms with Crippen molar-refractivity contribution in [2.24, 2.45) is 0 Å². The highest BCUT2D eigenvalue weighted by molar-refractivity contribution is 6.03. The van der Waals surface area contributed by atoms with Crippen LogP contribution < -0.4 is 0 Å². The van der Waals surface area contributed by atoms with Crippen LogP contribution in [0.3, 0.4) is 0 Å². The Balaban J connectivity index is 1.92. The van der Waals surface area contributed by atoms with Gasteiger partial charge in [-0.25, -0.2) is 4.52 Å². The first-order valence-corrected chi connectivity index (χ1v) is 6.25. The van der Waals surface area contributed by atoms with Crippen LogP contribution in [0.2, 0.25) is 0 Å². The molecule has 1 aromatic carbocycles. The molecule has 3 heteroatoms. The minimum absolute atomic E-state index is 0.104. The molecule has 0 aliphatic heterocycles. The monoisotopic (exact) mass is 250 g/mol. The van der Waals surface area contributed by atoms with Crippen molar-refractivity contribution in [3.63, 3.8) is 0 Å². The lowest BCUT2D eigenvalue weighted by molar-refractivity contribution is 0.0994. The Hall–Kier alpha value is -2.42. The molecule has 0 unspecified atom stereocenters. The quantitative estimate of drug-likeness (QED) is 0.669. The summed E-state index contributed by atoms with van der Waals surface area (Å²) < 4.78 is 1.73. The van der Waals surface area contributed by atoms with E-state index in [-0.39, 0.29) is 5.78 Å². The van der Waals surface area contributed by atoms with Crippen molar-refractivity contribution in [1.82, 2.24) is 9.61 Å². The molecule has 2 aromatic heterocycles. The van der Waals surface area contributed by atoms with Crippen LogP contribution in [0.4, 0.5) is 0 Å². The molecular weight excluding hydrogens is 236 g/mol. The average molecular weight is 250 g/mol. The lowest BCUT2D eigenvalue weighted by atomic mass is 10.0. The second-order valence-electron chi connectivity index (χ2n) is 4.68.